The summed E-state index contributed by atoms with van der Waals surface area (Å²) in [5.41, 5.74) is 2.86. The van der Waals surface area contributed by atoms with Crippen molar-refractivity contribution in [2.75, 3.05) is 6.61 Å². The molecule has 0 aliphatic heterocycles. The highest BCUT2D eigenvalue weighted by Crippen LogP contribution is 2.22. The first-order valence-corrected chi connectivity index (χ1v) is 10.1. The molecule has 0 aliphatic rings. The Morgan fingerprint density at radius 1 is 1.07 bits per heavy atom. The second kappa shape index (κ2) is 10.3. The van der Waals surface area contributed by atoms with Crippen molar-refractivity contribution < 1.29 is 14.3 Å². The van der Waals surface area contributed by atoms with Gasteiger partial charge in [-0.2, -0.15) is 0 Å². The lowest BCUT2D eigenvalue weighted by molar-refractivity contribution is -0.142. The third-order valence-corrected chi connectivity index (χ3v) is 5.17. The van der Waals surface area contributed by atoms with Crippen LogP contribution in [0.4, 0.5) is 0 Å². The minimum atomic E-state index is -0.664. The summed E-state index contributed by atoms with van der Waals surface area (Å²) < 4.78 is 5.78. The fourth-order valence-corrected chi connectivity index (χ4v) is 3.10. The first-order valence-electron chi connectivity index (χ1n) is 9.73. The molecule has 6 heteroatoms. The van der Waals surface area contributed by atoms with E-state index in [2.05, 4.69) is 5.32 Å². The fourth-order valence-electron chi connectivity index (χ4n) is 2.90. The van der Waals surface area contributed by atoms with Crippen molar-refractivity contribution in [3.8, 4) is 5.75 Å². The van der Waals surface area contributed by atoms with Gasteiger partial charge < -0.3 is 15.0 Å². The fraction of sp³-hybridized carbons (Fsp3) is 0.391. The van der Waals surface area contributed by atoms with Gasteiger partial charge in [-0.1, -0.05) is 41.9 Å². The van der Waals surface area contributed by atoms with E-state index < -0.39 is 6.04 Å². The predicted molar refractivity (Wildman–Crippen MR) is 116 cm³/mol. The number of carbonyl (C=O) groups is 2. The van der Waals surface area contributed by atoms with Gasteiger partial charge in [0.1, 0.15) is 11.8 Å². The second-order valence-corrected chi connectivity index (χ2v) is 7.85. The molecular formula is C23H29ClN2O3. The van der Waals surface area contributed by atoms with Gasteiger partial charge in [-0.15, -0.1) is 0 Å². The van der Waals surface area contributed by atoms with Gasteiger partial charge in [0.15, 0.2) is 6.61 Å². The van der Waals surface area contributed by atoms with Gasteiger partial charge in [0, 0.05) is 17.6 Å². The summed E-state index contributed by atoms with van der Waals surface area (Å²) in [7, 11) is 0. The topological polar surface area (TPSA) is 58.6 Å². The van der Waals surface area contributed by atoms with E-state index in [4.69, 9.17) is 16.3 Å². The van der Waals surface area contributed by atoms with Crippen molar-refractivity contribution in [3.05, 3.63) is 64.2 Å². The highest BCUT2D eigenvalue weighted by molar-refractivity contribution is 6.31. The number of hydrogen-bond donors (Lipinski definition) is 1. The molecule has 0 radical (unpaired) electrons. The number of halogens is 1. The van der Waals surface area contributed by atoms with Crippen molar-refractivity contribution in [2.45, 2.75) is 53.2 Å². The lowest BCUT2D eigenvalue weighted by Gasteiger charge is -2.29. The molecule has 29 heavy (non-hydrogen) atoms. The van der Waals surface area contributed by atoms with Crippen molar-refractivity contribution in [1.29, 1.82) is 0 Å². The molecule has 0 saturated carbocycles. The number of amides is 2. The normalized spacial score (nSPS) is 11.8. The molecule has 0 saturated heterocycles. The van der Waals surface area contributed by atoms with Gasteiger partial charge in [-0.25, -0.2) is 0 Å². The average molecular weight is 417 g/mol. The Morgan fingerprint density at radius 2 is 1.76 bits per heavy atom. The minimum Gasteiger partial charge on any atom is -0.483 e. The number of benzene rings is 2. The van der Waals surface area contributed by atoms with E-state index in [1.807, 2.05) is 64.1 Å². The molecule has 2 aromatic carbocycles. The molecule has 2 aromatic rings. The van der Waals surface area contributed by atoms with Crippen LogP contribution >= 0.6 is 11.6 Å². The Kier molecular flexibility index (Phi) is 8.09. The van der Waals surface area contributed by atoms with E-state index in [0.29, 0.717) is 10.8 Å². The Bertz CT molecular complexity index is 867. The molecule has 2 rings (SSSR count). The quantitative estimate of drug-likeness (QED) is 0.698. The van der Waals surface area contributed by atoms with Crippen LogP contribution in [-0.2, 0) is 16.1 Å². The molecule has 0 bridgehead atoms. The van der Waals surface area contributed by atoms with Gasteiger partial charge >= 0.3 is 0 Å². The molecule has 0 heterocycles. The summed E-state index contributed by atoms with van der Waals surface area (Å²) in [6.45, 7) is 9.49. The van der Waals surface area contributed by atoms with Gasteiger partial charge in [0.05, 0.1) is 0 Å². The molecule has 5 nitrogen and oxygen atoms in total. The van der Waals surface area contributed by atoms with E-state index in [0.717, 1.165) is 16.7 Å². The average Bonchev–Trinajstić information content (AvgIpc) is 2.67. The summed E-state index contributed by atoms with van der Waals surface area (Å²) in [6.07, 6.45) is 0. The molecule has 0 aromatic heterocycles. The van der Waals surface area contributed by atoms with Crippen molar-refractivity contribution in [3.63, 3.8) is 0 Å². The van der Waals surface area contributed by atoms with Crippen LogP contribution in [0.25, 0.3) is 0 Å². The zero-order chi connectivity index (χ0) is 21.6. The number of ether oxygens (including phenoxy) is 1. The lowest BCUT2D eigenvalue weighted by atomic mass is 10.1. The van der Waals surface area contributed by atoms with E-state index in [9.17, 15) is 9.59 Å². The molecule has 0 fully saturated rings. The summed E-state index contributed by atoms with van der Waals surface area (Å²) >= 11 is 6.28. The number of aryl methyl sites for hydroxylation is 1. The summed E-state index contributed by atoms with van der Waals surface area (Å²) in [5.74, 6) is 0.166. The Hall–Kier alpha value is -2.53. The smallest absolute Gasteiger partial charge is 0.261 e. The number of nitrogens with one attached hydrogen (secondary N) is 1. The van der Waals surface area contributed by atoms with E-state index in [-0.39, 0.29) is 31.0 Å². The van der Waals surface area contributed by atoms with E-state index in [1.54, 1.807) is 13.0 Å². The van der Waals surface area contributed by atoms with Crippen LogP contribution < -0.4 is 10.1 Å². The Morgan fingerprint density at radius 3 is 2.41 bits per heavy atom. The molecule has 156 valence electrons. The maximum atomic E-state index is 13.0. The summed E-state index contributed by atoms with van der Waals surface area (Å²) in [4.78, 5) is 27.1. The predicted octanol–water partition coefficient (Wildman–Crippen LogP) is 4.28. The second-order valence-electron chi connectivity index (χ2n) is 7.44. The zero-order valence-corrected chi connectivity index (χ0v) is 18.4. The van der Waals surface area contributed by atoms with Crippen LogP contribution in [0.2, 0.25) is 5.02 Å². The molecule has 0 unspecified atom stereocenters. The van der Waals surface area contributed by atoms with Crippen LogP contribution in [-0.4, -0.2) is 35.4 Å². The highest BCUT2D eigenvalue weighted by Gasteiger charge is 2.27. The van der Waals surface area contributed by atoms with Crippen LogP contribution in [0.5, 0.6) is 5.75 Å². The summed E-state index contributed by atoms with van der Waals surface area (Å²) in [6, 6.07) is 12.3. The minimum absolute atomic E-state index is 0.0200. The van der Waals surface area contributed by atoms with Crippen LogP contribution in [0.3, 0.4) is 0 Å². The number of rotatable bonds is 8. The first kappa shape index (κ1) is 22.8. The largest absolute Gasteiger partial charge is 0.483 e. The molecule has 0 aliphatic carbocycles. The van der Waals surface area contributed by atoms with Crippen LogP contribution in [0.1, 0.15) is 37.5 Å². The van der Waals surface area contributed by atoms with Crippen molar-refractivity contribution in [1.82, 2.24) is 10.2 Å². The van der Waals surface area contributed by atoms with E-state index >= 15 is 0 Å². The SMILES string of the molecule is Cc1cccc(OCC(=O)N(Cc2ccccc2Cl)[C@@H](C)C(=O)NC(C)C)c1C. The maximum Gasteiger partial charge on any atom is 0.261 e. The molecule has 2 amide bonds. The lowest BCUT2D eigenvalue weighted by Crippen LogP contribution is -2.50. The number of hydrogen-bond acceptors (Lipinski definition) is 3. The van der Waals surface area contributed by atoms with Crippen LogP contribution in [0, 0.1) is 13.8 Å². The van der Waals surface area contributed by atoms with Crippen molar-refractivity contribution >= 4 is 23.4 Å². The zero-order valence-electron chi connectivity index (χ0n) is 17.7. The molecule has 1 N–H and O–H groups in total. The Balaban J connectivity index is 2.20. The van der Waals surface area contributed by atoms with Gasteiger partial charge in [0.25, 0.3) is 5.91 Å². The number of nitrogens with zero attached hydrogens (tertiary/aromatic N) is 1. The standard InChI is InChI=1S/C23H29ClN2O3/c1-15(2)25-23(28)18(5)26(13-19-10-6-7-11-20(19)24)22(27)14-29-21-12-8-9-16(3)17(21)4/h6-12,15,18H,13-14H2,1-5H3,(H,25,28)/t18-/m0/s1. The third-order valence-electron chi connectivity index (χ3n) is 4.80. The molecular weight excluding hydrogens is 388 g/mol. The molecule has 1 atom stereocenters. The number of carbonyl (C=O) groups excluding carboxylic acids is 2. The maximum absolute atomic E-state index is 13.0. The third kappa shape index (κ3) is 6.23. The van der Waals surface area contributed by atoms with Gasteiger partial charge in [-0.05, 0) is 63.4 Å². The van der Waals surface area contributed by atoms with Crippen molar-refractivity contribution in [2.24, 2.45) is 0 Å². The van der Waals surface area contributed by atoms with Gasteiger partial charge in [-0.3, -0.25) is 9.59 Å². The molecule has 0 spiro atoms. The first-order chi connectivity index (χ1) is 13.7. The van der Waals surface area contributed by atoms with Gasteiger partial charge in [0.2, 0.25) is 5.91 Å². The summed E-state index contributed by atoms with van der Waals surface area (Å²) in [5, 5.41) is 3.41. The highest BCUT2D eigenvalue weighted by atomic mass is 35.5. The Labute approximate surface area is 178 Å². The monoisotopic (exact) mass is 416 g/mol. The van der Waals surface area contributed by atoms with Crippen LogP contribution in [0.15, 0.2) is 42.5 Å². The van der Waals surface area contributed by atoms with E-state index in [1.165, 1.54) is 4.90 Å².